The Hall–Kier alpha value is -0.180. The summed E-state index contributed by atoms with van der Waals surface area (Å²) in [4.78, 5) is 1.29. The van der Waals surface area contributed by atoms with E-state index in [0.717, 1.165) is 17.9 Å². The van der Waals surface area contributed by atoms with Crippen LogP contribution in [0.5, 0.6) is 0 Å². The molecule has 2 N–H and O–H groups in total. The molecule has 0 fully saturated rings. The second-order valence-corrected chi connectivity index (χ2v) is 5.71. The zero-order valence-electron chi connectivity index (χ0n) is 8.92. The Bertz CT molecular complexity index is 363. The molecule has 0 aliphatic carbocycles. The van der Waals surface area contributed by atoms with Crippen molar-refractivity contribution in [1.82, 2.24) is 0 Å². The highest BCUT2D eigenvalue weighted by Gasteiger charge is 2.14. The van der Waals surface area contributed by atoms with Crippen LogP contribution in [0.4, 0.5) is 0 Å². The number of hydrogen-bond donors (Lipinski definition) is 1. The smallest absolute Gasteiger partial charge is 0.0547 e. The van der Waals surface area contributed by atoms with Crippen molar-refractivity contribution < 1.29 is 0 Å². The van der Waals surface area contributed by atoms with Crippen LogP contribution < -0.4 is 5.73 Å². The SMILES string of the molecule is CC(N)Cc1cc(Cl)c2c(c1)CCCS2. The highest BCUT2D eigenvalue weighted by molar-refractivity contribution is 7.99. The molecule has 1 aliphatic rings. The lowest BCUT2D eigenvalue weighted by Crippen LogP contribution is -2.18. The van der Waals surface area contributed by atoms with Crippen LogP contribution in [-0.4, -0.2) is 11.8 Å². The maximum absolute atomic E-state index is 6.27. The monoisotopic (exact) mass is 241 g/mol. The van der Waals surface area contributed by atoms with Gasteiger partial charge in [-0.2, -0.15) is 0 Å². The number of nitrogens with two attached hydrogens (primary N) is 1. The largest absolute Gasteiger partial charge is 0.328 e. The van der Waals surface area contributed by atoms with Gasteiger partial charge in [0.2, 0.25) is 0 Å². The van der Waals surface area contributed by atoms with E-state index in [4.69, 9.17) is 17.3 Å². The zero-order chi connectivity index (χ0) is 10.8. The number of thioether (sulfide) groups is 1. The van der Waals surface area contributed by atoms with Crippen LogP contribution in [0, 0.1) is 0 Å². The van der Waals surface area contributed by atoms with E-state index in [2.05, 4.69) is 12.1 Å². The van der Waals surface area contributed by atoms with Crippen LogP contribution in [0.3, 0.4) is 0 Å². The number of halogens is 1. The minimum Gasteiger partial charge on any atom is -0.328 e. The molecular weight excluding hydrogens is 226 g/mol. The Morgan fingerprint density at radius 2 is 2.33 bits per heavy atom. The van der Waals surface area contributed by atoms with Crippen LogP contribution in [0.2, 0.25) is 5.02 Å². The fraction of sp³-hybridized carbons (Fsp3) is 0.500. The van der Waals surface area contributed by atoms with Crippen molar-refractivity contribution in [2.24, 2.45) is 5.73 Å². The first-order chi connectivity index (χ1) is 7.16. The Labute approximate surface area is 100 Å². The molecule has 1 aromatic carbocycles. The fourth-order valence-electron chi connectivity index (χ4n) is 1.99. The third kappa shape index (κ3) is 2.68. The Balaban J connectivity index is 2.32. The van der Waals surface area contributed by atoms with Crippen molar-refractivity contribution in [2.75, 3.05) is 5.75 Å². The van der Waals surface area contributed by atoms with E-state index in [9.17, 15) is 0 Å². The molecule has 0 amide bonds. The molecular formula is C12H16ClNS. The maximum atomic E-state index is 6.27. The highest BCUT2D eigenvalue weighted by atomic mass is 35.5. The van der Waals surface area contributed by atoms with Gasteiger partial charge in [-0.3, -0.25) is 0 Å². The molecule has 15 heavy (non-hydrogen) atoms. The van der Waals surface area contributed by atoms with Gasteiger partial charge in [0.1, 0.15) is 0 Å². The van der Waals surface area contributed by atoms with Crippen LogP contribution in [0.25, 0.3) is 0 Å². The summed E-state index contributed by atoms with van der Waals surface area (Å²) >= 11 is 8.15. The summed E-state index contributed by atoms with van der Waals surface area (Å²) in [6.45, 7) is 2.03. The van der Waals surface area contributed by atoms with Crippen molar-refractivity contribution in [1.29, 1.82) is 0 Å². The van der Waals surface area contributed by atoms with Crippen molar-refractivity contribution in [3.8, 4) is 0 Å². The van der Waals surface area contributed by atoms with Crippen LogP contribution in [-0.2, 0) is 12.8 Å². The van der Waals surface area contributed by atoms with E-state index in [1.165, 1.54) is 28.2 Å². The minimum atomic E-state index is 0.204. The lowest BCUT2D eigenvalue weighted by Gasteiger charge is -2.18. The summed E-state index contributed by atoms with van der Waals surface area (Å²) in [6.07, 6.45) is 3.34. The normalized spacial score (nSPS) is 17.3. The molecule has 1 unspecified atom stereocenters. The molecule has 0 saturated carbocycles. The van der Waals surface area contributed by atoms with E-state index in [0.29, 0.717) is 0 Å². The predicted molar refractivity (Wildman–Crippen MR) is 67.9 cm³/mol. The molecule has 3 heteroatoms. The molecule has 0 aromatic heterocycles. The van der Waals surface area contributed by atoms with Crippen molar-refractivity contribution in [2.45, 2.75) is 37.1 Å². The van der Waals surface area contributed by atoms with Crippen molar-refractivity contribution in [3.05, 3.63) is 28.3 Å². The van der Waals surface area contributed by atoms with E-state index in [1.54, 1.807) is 0 Å². The number of hydrogen-bond acceptors (Lipinski definition) is 2. The summed E-state index contributed by atoms with van der Waals surface area (Å²) in [5.41, 5.74) is 8.49. The Morgan fingerprint density at radius 1 is 1.53 bits per heavy atom. The molecule has 0 radical (unpaired) electrons. The van der Waals surface area contributed by atoms with Gasteiger partial charge in [0.15, 0.2) is 0 Å². The van der Waals surface area contributed by atoms with Gasteiger partial charge in [-0.15, -0.1) is 11.8 Å². The average Bonchev–Trinajstić information content (AvgIpc) is 2.16. The topological polar surface area (TPSA) is 26.0 Å². The van der Waals surface area contributed by atoms with Gasteiger partial charge < -0.3 is 5.73 Å². The molecule has 1 aliphatic heterocycles. The fourth-order valence-corrected chi connectivity index (χ4v) is 3.45. The summed E-state index contributed by atoms with van der Waals surface area (Å²) in [5, 5.41) is 0.910. The summed E-state index contributed by atoms with van der Waals surface area (Å²) < 4.78 is 0. The third-order valence-corrected chi connectivity index (χ3v) is 4.25. The lowest BCUT2D eigenvalue weighted by molar-refractivity contribution is 0.735. The molecule has 1 nitrogen and oxygen atoms in total. The molecule has 0 spiro atoms. The standard InChI is InChI=1S/C12H16ClNS/c1-8(14)5-9-6-10-3-2-4-15-12(10)11(13)7-9/h6-8H,2-5,14H2,1H3. The minimum absolute atomic E-state index is 0.204. The van der Waals surface area contributed by atoms with Gasteiger partial charge in [0.05, 0.1) is 5.02 Å². The van der Waals surface area contributed by atoms with Gasteiger partial charge in [0, 0.05) is 10.9 Å². The number of fused-ring (bicyclic) bond motifs is 1. The number of benzene rings is 1. The third-order valence-electron chi connectivity index (χ3n) is 2.57. The van der Waals surface area contributed by atoms with E-state index in [1.807, 2.05) is 18.7 Å². The van der Waals surface area contributed by atoms with Crippen LogP contribution in [0.15, 0.2) is 17.0 Å². The van der Waals surface area contributed by atoms with Crippen molar-refractivity contribution in [3.63, 3.8) is 0 Å². The molecule has 0 saturated heterocycles. The highest BCUT2D eigenvalue weighted by Crippen LogP contribution is 2.36. The maximum Gasteiger partial charge on any atom is 0.0547 e. The average molecular weight is 242 g/mol. The van der Waals surface area contributed by atoms with Gasteiger partial charge in [0.25, 0.3) is 0 Å². The predicted octanol–water partition coefficient (Wildman–Crippen LogP) is 3.27. The first-order valence-corrected chi connectivity index (χ1v) is 6.73. The Kier molecular flexibility index (Phi) is 3.60. The second kappa shape index (κ2) is 4.77. The molecule has 1 aromatic rings. The quantitative estimate of drug-likeness (QED) is 0.860. The Morgan fingerprint density at radius 3 is 3.07 bits per heavy atom. The zero-order valence-corrected chi connectivity index (χ0v) is 10.5. The molecule has 0 bridgehead atoms. The number of rotatable bonds is 2. The van der Waals surface area contributed by atoms with E-state index < -0.39 is 0 Å². The van der Waals surface area contributed by atoms with Gasteiger partial charge in [-0.25, -0.2) is 0 Å². The lowest BCUT2D eigenvalue weighted by atomic mass is 10.0. The van der Waals surface area contributed by atoms with Gasteiger partial charge in [-0.05, 0) is 49.1 Å². The molecule has 1 heterocycles. The van der Waals surface area contributed by atoms with Crippen LogP contribution in [0.1, 0.15) is 24.5 Å². The van der Waals surface area contributed by atoms with E-state index in [-0.39, 0.29) is 6.04 Å². The van der Waals surface area contributed by atoms with Crippen LogP contribution >= 0.6 is 23.4 Å². The molecule has 1 atom stereocenters. The molecule has 2 rings (SSSR count). The summed E-state index contributed by atoms with van der Waals surface area (Å²) in [5.74, 6) is 1.19. The van der Waals surface area contributed by atoms with Crippen molar-refractivity contribution >= 4 is 23.4 Å². The number of aryl methyl sites for hydroxylation is 1. The van der Waals surface area contributed by atoms with Gasteiger partial charge in [-0.1, -0.05) is 17.7 Å². The van der Waals surface area contributed by atoms with E-state index >= 15 is 0 Å². The second-order valence-electron chi connectivity index (χ2n) is 4.20. The first-order valence-electron chi connectivity index (χ1n) is 5.36. The van der Waals surface area contributed by atoms with Gasteiger partial charge >= 0.3 is 0 Å². The molecule has 82 valence electrons. The summed E-state index contributed by atoms with van der Waals surface area (Å²) in [7, 11) is 0. The summed E-state index contributed by atoms with van der Waals surface area (Å²) in [6, 6.07) is 4.55. The first kappa shape index (κ1) is 11.3.